The third-order valence-electron chi connectivity index (χ3n) is 4.18. The van der Waals surface area contributed by atoms with E-state index in [0.717, 1.165) is 51.0 Å². The molecule has 1 saturated heterocycles. The van der Waals surface area contributed by atoms with E-state index in [9.17, 15) is 9.90 Å². The minimum absolute atomic E-state index is 0.161. The van der Waals surface area contributed by atoms with Gasteiger partial charge in [-0.15, -0.1) is 0 Å². The maximum atomic E-state index is 10.2. The molecule has 0 aliphatic carbocycles. The van der Waals surface area contributed by atoms with Crippen LogP contribution >= 0.6 is 0 Å². The number of aliphatic carboxylic acids is 1. The second kappa shape index (κ2) is 13.0. The fraction of sp³-hybridized carbons (Fsp3) is 0.650. The molecule has 3 atom stereocenters. The number of rotatable bonds is 14. The van der Waals surface area contributed by atoms with Crippen molar-refractivity contribution in [1.29, 1.82) is 0 Å². The minimum Gasteiger partial charge on any atom is -0.478 e. The van der Waals surface area contributed by atoms with Gasteiger partial charge in [-0.1, -0.05) is 56.6 Å². The summed E-state index contributed by atoms with van der Waals surface area (Å²) in [7, 11) is 0. The summed E-state index contributed by atoms with van der Waals surface area (Å²) in [5.74, 6) is -0.934. The molecule has 0 bridgehead atoms. The molecule has 1 heterocycles. The number of ether oxygens (including phenoxy) is 1. The highest BCUT2D eigenvalue weighted by molar-refractivity contribution is 5.80. The van der Waals surface area contributed by atoms with E-state index in [-0.39, 0.29) is 6.10 Å². The fourth-order valence-electron chi connectivity index (χ4n) is 2.70. The van der Waals surface area contributed by atoms with Gasteiger partial charge in [0.15, 0.2) is 0 Å². The average Bonchev–Trinajstić information content (AvgIpc) is 3.30. The Bertz CT molecular complexity index is 425. The zero-order chi connectivity index (χ0) is 17.6. The molecule has 0 saturated carbocycles. The van der Waals surface area contributed by atoms with E-state index in [4.69, 9.17) is 9.84 Å². The largest absolute Gasteiger partial charge is 0.478 e. The Kier molecular flexibility index (Phi) is 11.2. The van der Waals surface area contributed by atoms with Gasteiger partial charge in [-0.25, -0.2) is 4.79 Å². The van der Waals surface area contributed by atoms with Crippen molar-refractivity contribution in [3.63, 3.8) is 0 Å². The van der Waals surface area contributed by atoms with Crippen LogP contribution in [-0.2, 0) is 9.53 Å². The molecule has 24 heavy (non-hydrogen) atoms. The predicted octanol–water partition coefficient (Wildman–Crippen LogP) is 4.40. The summed E-state index contributed by atoms with van der Waals surface area (Å²) in [5, 5.41) is 18.3. The van der Waals surface area contributed by atoms with E-state index in [0.29, 0.717) is 12.2 Å². The molecule has 1 rings (SSSR count). The van der Waals surface area contributed by atoms with Crippen LogP contribution in [0.3, 0.4) is 0 Å². The van der Waals surface area contributed by atoms with Crippen molar-refractivity contribution in [3.05, 3.63) is 36.5 Å². The lowest BCUT2D eigenvalue weighted by Crippen LogP contribution is -2.08. The van der Waals surface area contributed by atoms with Gasteiger partial charge >= 0.3 is 5.97 Å². The standard InChI is InChI=1S/C20H32O4/c1-2-3-9-12-17(21)15-16-19-18(24-19)13-10-7-5-4-6-8-11-14-20(22)23/h4-6,8,11,14,17-19,21H,2-3,7,9-10,12-13,15-16H2,1H3,(H,22,23). The van der Waals surface area contributed by atoms with Crippen LogP contribution in [0.4, 0.5) is 0 Å². The van der Waals surface area contributed by atoms with Gasteiger partial charge in [0.05, 0.1) is 18.3 Å². The van der Waals surface area contributed by atoms with E-state index in [1.54, 1.807) is 6.08 Å². The van der Waals surface area contributed by atoms with Crippen LogP contribution in [0.15, 0.2) is 36.5 Å². The number of carboxylic acid groups (broad SMARTS) is 1. The Hall–Kier alpha value is -1.39. The van der Waals surface area contributed by atoms with Crippen LogP contribution in [0.1, 0.15) is 64.7 Å². The number of hydrogen-bond acceptors (Lipinski definition) is 3. The van der Waals surface area contributed by atoms with Crippen LogP contribution in [-0.4, -0.2) is 34.5 Å². The Morgan fingerprint density at radius 1 is 1.04 bits per heavy atom. The average molecular weight is 336 g/mol. The number of unbranched alkanes of at least 4 members (excludes halogenated alkanes) is 3. The Morgan fingerprint density at radius 3 is 2.54 bits per heavy atom. The van der Waals surface area contributed by atoms with Crippen LogP contribution in [0, 0.1) is 0 Å². The first-order chi connectivity index (χ1) is 11.6. The molecular weight excluding hydrogens is 304 g/mol. The molecule has 3 unspecified atom stereocenters. The van der Waals surface area contributed by atoms with Crippen LogP contribution in [0.25, 0.3) is 0 Å². The zero-order valence-corrected chi connectivity index (χ0v) is 14.8. The summed E-state index contributed by atoms with van der Waals surface area (Å²) in [5.41, 5.74) is 0. The maximum absolute atomic E-state index is 10.2. The molecule has 0 amide bonds. The smallest absolute Gasteiger partial charge is 0.328 e. The molecule has 4 heteroatoms. The summed E-state index contributed by atoms with van der Waals surface area (Å²) < 4.78 is 5.66. The van der Waals surface area contributed by atoms with Crippen LogP contribution < -0.4 is 0 Å². The van der Waals surface area contributed by atoms with Gasteiger partial charge in [0.2, 0.25) is 0 Å². The molecule has 1 aliphatic heterocycles. The van der Waals surface area contributed by atoms with Crippen molar-refractivity contribution < 1.29 is 19.7 Å². The molecule has 0 aromatic rings. The lowest BCUT2D eigenvalue weighted by atomic mass is 10.0. The van der Waals surface area contributed by atoms with Gasteiger partial charge in [-0.2, -0.15) is 0 Å². The third kappa shape index (κ3) is 11.2. The number of allylic oxidation sites excluding steroid dienone is 5. The number of carboxylic acids is 1. The number of aliphatic hydroxyl groups excluding tert-OH is 1. The van der Waals surface area contributed by atoms with Crippen molar-refractivity contribution >= 4 is 5.97 Å². The van der Waals surface area contributed by atoms with Crippen LogP contribution in [0.5, 0.6) is 0 Å². The first-order valence-corrected chi connectivity index (χ1v) is 9.19. The van der Waals surface area contributed by atoms with E-state index in [1.807, 2.05) is 12.2 Å². The Labute approximate surface area is 145 Å². The molecule has 0 aromatic heterocycles. The molecule has 0 radical (unpaired) electrons. The highest BCUT2D eigenvalue weighted by atomic mass is 16.6. The van der Waals surface area contributed by atoms with Gasteiger partial charge in [-0.05, 0) is 38.5 Å². The summed E-state index contributed by atoms with van der Waals surface area (Å²) in [6.45, 7) is 2.18. The van der Waals surface area contributed by atoms with E-state index >= 15 is 0 Å². The van der Waals surface area contributed by atoms with Gasteiger partial charge in [-0.3, -0.25) is 0 Å². The van der Waals surface area contributed by atoms with Gasteiger partial charge < -0.3 is 14.9 Å². The molecule has 1 fully saturated rings. The lowest BCUT2D eigenvalue weighted by Gasteiger charge is -2.08. The van der Waals surface area contributed by atoms with E-state index in [1.165, 1.54) is 18.9 Å². The van der Waals surface area contributed by atoms with Gasteiger partial charge in [0.1, 0.15) is 0 Å². The minimum atomic E-state index is -0.934. The summed E-state index contributed by atoms with van der Waals surface area (Å²) in [6, 6.07) is 0. The van der Waals surface area contributed by atoms with Gasteiger partial charge in [0.25, 0.3) is 0 Å². The van der Waals surface area contributed by atoms with Crippen molar-refractivity contribution in [2.45, 2.75) is 83.0 Å². The first-order valence-electron chi connectivity index (χ1n) is 9.19. The summed E-state index contributed by atoms with van der Waals surface area (Å²) >= 11 is 0. The molecule has 1 aliphatic rings. The normalized spacial score (nSPS) is 21.9. The highest BCUT2D eigenvalue weighted by Crippen LogP contribution is 2.31. The second-order valence-corrected chi connectivity index (χ2v) is 6.38. The molecule has 0 spiro atoms. The summed E-state index contributed by atoms with van der Waals surface area (Å²) in [4.78, 5) is 10.2. The number of aliphatic hydroxyl groups is 1. The lowest BCUT2D eigenvalue weighted by molar-refractivity contribution is -0.131. The zero-order valence-electron chi connectivity index (χ0n) is 14.8. The SMILES string of the molecule is CCCCCC(O)CCC1OC1CCCC=CC=CC=CC(=O)O. The quantitative estimate of drug-likeness (QED) is 0.213. The molecule has 4 nitrogen and oxygen atoms in total. The predicted molar refractivity (Wildman–Crippen MR) is 97.0 cm³/mol. The molecule has 136 valence electrons. The second-order valence-electron chi connectivity index (χ2n) is 6.38. The molecule has 2 N–H and O–H groups in total. The Morgan fingerprint density at radius 2 is 1.79 bits per heavy atom. The maximum Gasteiger partial charge on any atom is 0.328 e. The molecular formula is C20H32O4. The number of epoxide rings is 1. The van der Waals surface area contributed by atoms with Crippen LogP contribution in [0.2, 0.25) is 0 Å². The van der Waals surface area contributed by atoms with Crippen molar-refractivity contribution in [3.8, 4) is 0 Å². The van der Waals surface area contributed by atoms with Crippen molar-refractivity contribution in [2.75, 3.05) is 0 Å². The van der Waals surface area contributed by atoms with Gasteiger partial charge in [0, 0.05) is 6.08 Å². The first kappa shape index (κ1) is 20.7. The molecule has 0 aromatic carbocycles. The topological polar surface area (TPSA) is 70.1 Å². The number of hydrogen-bond donors (Lipinski definition) is 2. The van der Waals surface area contributed by atoms with Crippen molar-refractivity contribution in [1.82, 2.24) is 0 Å². The van der Waals surface area contributed by atoms with E-state index < -0.39 is 5.97 Å². The van der Waals surface area contributed by atoms with E-state index in [2.05, 4.69) is 13.0 Å². The van der Waals surface area contributed by atoms with Crippen molar-refractivity contribution in [2.24, 2.45) is 0 Å². The fourth-order valence-corrected chi connectivity index (χ4v) is 2.70. The highest BCUT2D eigenvalue weighted by Gasteiger charge is 2.37. The monoisotopic (exact) mass is 336 g/mol. The summed E-state index contributed by atoms with van der Waals surface area (Å²) in [6.07, 6.45) is 20.2. The number of carbonyl (C=O) groups is 1. The Balaban J connectivity index is 1.96. The third-order valence-corrected chi connectivity index (χ3v) is 4.18.